The van der Waals surface area contributed by atoms with E-state index in [0.29, 0.717) is 10.8 Å². The van der Waals surface area contributed by atoms with Gasteiger partial charge in [-0.3, -0.25) is 4.79 Å². The Morgan fingerprint density at radius 3 is 2.48 bits per heavy atom. The Hall–Kier alpha value is -2.24. The van der Waals surface area contributed by atoms with Gasteiger partial charge in [0.1, 0.15) is 5.75 Å². The van der Waals surface area contributed by atoms with Gasteiger partial charge < -0.3 is 9.57 Å². The molecule has 7 heteroatoms. The van der Waals surface area contributed by atoms with Crippen molar-refractivity contribution >= 4 is 35.1 Å². The van der Waals surface area contributed by atoms with Crippen molar-refractivity contribution in [2.24, 2.45) is 0 Å². The highest BCUT2D eigenvalue weighted by molar-refractivity contribution is 6.35. The summed E-state index contributed by atoms with van der Waals surface area (Å²) in [5, 5.41) is 0.733. The first-order chi connectivity index (χ1) is 11.0. The molecule has 0 unspecified atom stereocenters. The zero-order valence-electron chi connectivity index (χ0n) is 11.9. The molecule has 0 aromatic heterocycles. The largest absolute Gasteiger partial charge is 0.480 e. The maximum absolute atomic E-state index is 11.6. The summed E-state index contributed by atoms with van der Waals surface area (Å²) >= 11 is 11.7. The van der Waals surface area contributed by atoms with E-state index in [2.05, 4.69) is 10.3 Å². The minimum Gasteiger partial charge on any atom is -0.480 e. The number of carbonyl (C=O) groups is 2. The molecule has 120 valence electrons. The molecule has 5 nitrogen and oxygen atoms in total. The fraction of sp³-hybridized carbons (Fsp3) is 0.125. The SMILES string of the molecule is O=C(Cc1ccccc1)NOC(=O)COc1ccc(Cl)cc1Cl. The van der Waals surface area contributed by atoms with Crippen molar-refractivity contribution in [1.29, 1.82) is 0 Å². The van der Waals surface area contributed by atoms with Crippen molar-refractivity contribution in [3.63, 3.8) is 0 Å². The lowest BCUT2D eigenvalue weighted by molar-refractivity contribution is -0.159. The van der Waals surface area contributed by atoms with Crippen LogP contribution in [0.15, 0.2) is 48.5 Å². The van der Waals surface area contributed by atoms with Crippen LogP contribution in [0.5, 0.6) is 5.75 Å². The summed E-state index contributed by atoms with van der Waals surface area (Å²) in [6.07, 6.45) is 0.109. The normalized spacial score (nSPS) is 10.0. The van der Waals surface area contributed by atoms with Gasteiger partial charge in [0.2, 0.25) is 0 Å². The van der Waals surface area contributed by atoms with Gasteiger partial charge in [-0.1, -0.05) is 53.5 Å². The number of hydrogen-bond donors (Lipinski definition) is 1. The van der Waals surface area contributed by atoms with Gasteiger partial charge in [-0.05, 0) is 23.8 Å². The third-order valence-corrected chi connectivity index (χ3v) is 3.26. The van der Waals surface area contributed by atoms with E-state index in [1.807, 2.05) is 18.2 Å². The third-order valence-electron chi connectivity index (χ3n) is 2.73. The minimum atomic E-state index is -0.752. The molecule has 1 N–H and O–H groups in total. The maximum Gasteiger partial charge on any atom is 0.369 e. The number of benzene rings is 2. The van der Waals surface area contributed by atoms with Crippen LogP contribution in [0.25, 0.3) is 0 Å². The van der Waals surface area contributed by atoms with Crippen LogP contribution in [0, 0.1) is 0 Å². The van der Waals surface area contributed by atoms with Crippen LogP contribution >= 0.6 is 23.2 Å². The van der Waals surface area contributed by atoms with Crippen molar-refractivity contribution in [2.45, 2.75) is 6.42 Å². The van der Waals surface area contributed by atoms with E-state index >= 15 is 0 Å². The molecule has 0 aliphatic carbocycles. The molecule has 0 aliphatic heterocycles. The van der Waals surface area contributed by atoms with Crippen LogP contribution in [0.4, 0.5) is 0 Å². The van der Waals surface area contributed by atoms with Gasteiger partial charge in [-0.25, -0.2) is 4.79 Å². The van der Waals surface area contributed by atoms with E-state index in [-0.39, 0.29) is 11.4 Å². The van der Waals surface area contributed by atoms with Crippen LogP contribution in [-0.2, 0) is 20.8 Å². The molecule has 0 fully saturated rings. The molecule has 1 amide bonds. The van der Waals surface area contributed by atoms with Gasteiger partial charge in [0, 0.05) is 5.02 Å². The number of amides is 1. The Kier molecular flexibility index (Phi) is 6.26. The molecule has 2 rings (SSSR count). The molecule has 0 heterocycles. The Morgan fingerprint density at radius 1 is 1.04 bits per heavy atom. The Balaban J connectivity index is 1.73. The van der Waals surface area contributed by atoms with E-state index in [1.165, 1.54) is 12.1 Å². The first-order valence-corrected chi connectivity index (χ1v) is 7.40. The topological polar surface area (TPSA) is 64.6 Å². The van der Waals surface area contributed by atoms with Crippen LogP contribution in [0.2, 0.25) is 10.0 Å². The second-order valence-electron chi connectivity index (χ2n) is 4.53. The fourth-order valence-electron chi connectivity index (χ4n) is 1.69. The lowest BCUT2D eigenvalue weighted by atomic mass is 10.1. The second-order valence-corrected chi connectivity index (χ2v) is 5.37. The molecule has 23 heavy (non-hydrogen) atoms. The Labute approximate surface area is 143 Å². The first-order valence-electron chi connectivity index (χ1n) is 6.65. The highest BCUT2D eigenvalue weighted by Gasteiger charge is 2.10. The molecular weight excluding hydrogens is 341 g/mol. The van der Waals surface area contributed by atoms with Crippen LogP contribution in [-0.4, -0.2) is 18.5 Å². The van der Waals surface area contributed by atoms with Gasteiger partial charge in [0.25, 0.3) is 5.91 Å². The van der Waals surface area contributed by atoms with E-state index in [0.717, 1.165) is 5.56 Å². The van der Waals surface area contributed by atoms with Crippen LogP contribution < -0.4 is 10.2 Å². The van der Waals surface area contributed by atoms with E-state index in [9.17, 15) is 9.59 Å². The number of hydrogen-bond acceptors (Lipinski definition) is 4. The molecule has 0 bridgehead atoms. The molecule has 0 saturated carbocycles. The molecular formula is C16H13Cl2NO4. The Bertz CT molecular complexity index is 692. The van der Waals surface area contributed by atoms with Gasteiger partial charge >= 0.3 is 5.97 Å². The van der Waals surface area contributed by atoms with Crippen LogP contribution in [0.3, 0.4) is 0 Å². The van der Waals surface area contributed by atoms with E-state index in [4.69, 9.17) is 27.9 Å². The summed E-state index contributed by atoms with van der Waals surface area (Å²) in [4.78, 5) is 27.8. The molecule has 0 saturated heterocycles. The molecule has 2 aromatic carbocycles. The number of rotatable bonds is 5. The fourth-order valence-corrected chi connectivity index (χ4v) is 2.15. The van der Waals surface area contributed by atoms with Gasteiger partial charge in [0.05, 0.1) is 11.4 Å². The second kappa shape index (κ2) is 8.41. The van der Waals surface area contributed by atoms with E-state index in [1.54, 1.807) is 18.2 Å². The quantitative estimate of drug-likeness (QED) is 0.838. The number of halogens is 2. The highest BCUT2D eigenvalue weighted by atomic mass is 35.5. The minimum absolute atomic E-state index is 0.109. The lowest BCUT2D eigenvalue weighted by Crippen LogP contribution is -2.30. The number of nitrogens with one attached hydrogen (secondary N) is 1. The predicted molar refractivity (Wildman–Crippen MR) is 86.3 cm³/mol. The van der Waals surface area contributed by atoms with Gasteiger partial charge in [-0.2, -0.15) is 5.48 Å². The van der Waals surface area contributed by atoms with E-state index < -0.39 is 18.5 Å². The average molecular weight is 354 g/mol. The highest BCUT2D eigenvalue weighted by Crippen LogP contribution is 2.27. The average Bonchev–Trinajstić information content (AvgIpc) is 2.53. The third kappa shape index (κ3) is 5.81. The standard InChI is InChI=1S/C16H13Cl2NO4/c17-12-6-7-14(13(18)9-12)22-10-16(21)23-19-15(20)8-11-4-2-1-3-5-11/h1-7,9H,8,10H2,(H,19,20). The summed E-state index contributed by atoms with van der Waals surface area (Å²) in [5.41, 5.74) is 2.88. The number of carbonyl (C=O) groups excluding carboxylic acids is 2. The smallest absolute Gasteiger partial charge is 0.369 e. The molecule has 0 radical (unpaired) electrons. The van der Waals surface area contributed by atoms with Gasteiger partial charge in [0.15, 0.2) is 6.61 Å². The lowest BCUT2D eigenvalue weighted by Gasteiger charge is -2.08. The Morgan fingerprint density at radius 2 is 1.78 bits per heavy atom. The van der Waals surface area contributed by atoms with Crippen molar-refractivity contribution in [3.05, 3.63) is 64.1 Å². The van der Waals surface area contributed by atoms with Crippen molar-refractivity contribution in [2.75, 3.05) is 6.61 Å². The zero-order chi connectivity index (χ0) is 16.7. The molecule has 2 aromatic rings. The summed E-state index contributed by atoms with van der Waals surface area (Å²) < 4.78 is 5.19. The summed E-state index contributed by atoms with van der Waals surface area (Å²) in [7, 11) is 0. The van der Waals surface area contributed by atoms with Crippen molar-refractivity contribution < 1.29 is 19.2 Å². The monoisotopic (exact) mass is 353 g/mol. The number of ether oxygens (including phenoxy) is 1. The van der Waals surface area contributed by atoms with Crippen molar-refractivity contribution in [1.82, 2.24) is 5.48 Å². The summed E-state index contributed by atoms with van der Waals surface area (Å²) in [6.45, 7) is -0.396. The molecule has 0 atom stereocenters. The summed E-state index contributed by atoms with van der Waals surface area (Å²) in [6, 6.07) is 13.7. The summed E-state index contributed by atoms with van der Waals surface area (Å²) in [5.74, 6) is -0.893. The van der Waals surface area contributed by atoms with Crippen LogP contribution in [0.1, 0.15) is 5.56 Å². The molecule has 0 spiro atoms. The van der Waals surface area contributed by atoms with Crippen molar-refractivity contribution in [3.8, 4) is 5.75 Å². The first kappa shape index (κ1) is 17.1. The molecule has 0 aliphatic rings. The zero-order valence-corrected chi connectivity index (χ0v) is 13.4. The predicted octanol–water partition coefficient (Wildman–Crippen LogP) is 3.19. The maximum atomic E-state index is 11.6. The van der Waals surface area contributed by atoms with Gasteiger partial charge in [-0.15, -0.1) is 0 Å². The number of hydroxylamine groups is 1.